The first kappa shape index (κ1) is 47.5. The average Bonchev–Trinajstić information content (AvgIpc) is 3.69. The van der Waals surface area contributed by atoms with E-state index in [1.807, 2.05) is 31.2 Å². The van der Waals surface area contributed by atoms with Crippen LogP contribution >= 0.6 is 0 Å². The number of halogens is 4. The van der Waals surface area contributed by atoms with Crippen LogP contribution in [0.25, 0.3) is 0 Å². The quantitative estimate of drug-likeness (QED) is 0.185. The highest BCUT2D eigenvalue weighted by atomic mass is 32.2. The number of likely N-dealkylation sites (tertiary alicyclic amines) is 2. The van der Waals surface area contributed by atoms with E-state index in [1.54, 1.807) is 6.92 Å². The van der Waals surface area contributed by atoms with Crippen LogP contribution in [0.15, 0.2) is 60.7 Å². The van der Waals surface area contributed by atoms with Gasteiger partial charge in [-0.15, -0.1) is 0 Å². The monoisotopic (exact) mass is 870 g/mol. The van der Waals surface area contributed by atoms with Crippen LogP contribution in [0.5, 0.6) is 0 Å². The van der Waals surface area contributed by atoms with Crippen molar-refractivity contribution in [3.63, 3.8) is 0 Å². The molecule has 17 heteroatoms. The van der Waals surface area contributed by atoms with Gasteiger partial charge in [0.15, 0.2) is 13.2 Å². The number of amides is 2. The number of hydrogen-bond acceptors (Lipinski definition) is 9. The number of ether oxygens (including phenoxy) is 4. The third-order valence-corrected chi connectivity index (χ3v) is 12.9. The lowest BCUT2D eigenvalue weighted by molar-refractivity contribution is -0.0170. The molecule has 2 aliphatic heterocycles. The number of nitrogens with zero attached hydrogens (tertiary/aromatic N) is 2. The highest BCUT2D eigenvalue weighted by Crippen LogP contribution is 2.36. The number of carbonyl (C=O) groups is 2. The van der Waals surface area contributed by atoms with Crippen molar-refractivity contribution in [3.05, 3.63) is 71.8 Å². The molecule has 3 N–H and O–H groups in total. The van der Waals surface area contributed by atoms with Gasteiger partial charge < -0.3 is 24.7 Å². The van der Waals surface area contributed by atoms with E-state index in [1.165, 1.54) is 20.9 Å². The molecule has 6 atom stereocenters. The zero-order chi connectivity index (χ0) is 43.4. The van der Waals surface area contributed by atoms with Crippen LogP contribution in [0.1, 0.15) is 101 Å². The molecule has 4 fully saturated rings. The number of nitrogens with two attached hydrogens (primary N) is 1. The summed E-state index contributed by atoms with van der Waals surface area (Å²) in [6.07, 6.45) is 2.88. The first-order valence-electron chi connectivity index (χ1n) is 21.1. The Morgan fingerprint density at radius 3 is 1.50 bits per heavy atom. The molecule has 0 bridgehead atoms. The lowest BCUT2D eigenvalue weighted by Gasteiger charge is -2.33. The molecule has 12 nitrogen and oxygen atoms in total. The number of rotatable bonds is 14. The molecule has 6 rings (SSSR count). The summed E-state index contributed by atoms with van der Waals surface area (Å²) in [6, 6.07) is 18.6. The molecule has 0 unspecified atom stereocenters. The Bertz CT molecular complexity index is 1720. The summed E-state index contributed by atoms with van der Waals surface area (Å²) in [5.74, 6) is 1.05. The topological polar surface area (TPSA) is 150 Å². The first-order valence-corrected chi connectivity index (χ1v) is 23.0. The van der Waals surface area contributed by atoms with E-state index in [0.717, 1.165) is 57.6 Å². The normalized spacial score (nSPS) is 29.6. The zero-order valence-electron chi connectivity index (χ0n) is 34.8. The summed E-state index contributed by atoms with van der Waals surface area (Å²) in [4.78, 5) is 27.5. The minimum atomic E-state index is -3.52. The predicted molar refractivity (Wildman–Crippen MR) is 219 cm³/mol. The Balaban J connectivity index is 0.000000230. The number of sulfonamides is 1. The van der Waals surface area contributed by atoms with Crippen molar-refractivity contribution in [3.8, 4) is 0 Å². The SMILES string of the molecule is C[C@@H]1C[C@H](N)[C@H](COC2CCC(c3ccccc3)CC2)N1C(=O)OCC(F)F.C[C@@H]1C[C@H](NS(C)(=O)=O)[C@H](COC2CCC(c3ccccc3)CC2)N1C(=O)OCC(F)F. The molecule has 2 aliphatic carbocycles. The summed E-state index contributed by atoms with van der Waals surface area (Å²) in [5.41, 5.74) is 8.89. The number of carbonyl (C=O) groups excluding carboxylic acids is 2. The molecule has 0 spiro atoms. The lowest BCUT2D eigenvalue weighted by Crippen LogP contribution is -2.50. The molecule has 2 aromatic rings. The highest BCUT2D eigenvalue weighted by molar-refractivity contribution is 7.88. The van der Waals surface area contributed by atoms with Crippen molar-refractivity contribution >= 4 is 22.2 Å². The molecule has 0 radical (unpaired) electrons. The van der Waals surface area contributed by atoms with Crippen molar-refractivity contribution < 1.29 is 54.5 Å². The number of benzene rings is 2. The van der Waals surface area contributed by atoms with Crippen LogP contribution in [0, 0.1) is 0 Å². The van der Waals surface area contributed by atoms with Crippen molar-refractivity contribution in [1.82, 2.24) is 14.5 Å². The van der Waals surface area contributed by atoms with E-state index < -0.39 is 60.4 Å². The molecule has 2 heterocycles. The maximum Gasteiger partial charge on any atom is 0.410 e. The standard InChI is InChI=1S/C22H32F2N2O5S.C21H30F2N2O3/c1-15-12-19(25-32(2,28)29)20(26(15)22(27)31-14-21(23)24)13-30-18-10-8-17(9-11-18)16-6-4-3-5-7-16;1-14-11-18(24)19(25(14)21(26)28-13-20(22)23)12-27-17-9-7-16(8-10-17)15-5-3-2-4-6-15/h3-7,15,17-21,25H,8-14H2,1-2H3;2-6,14,16-20H,7-13,24H2,1H3/t15-,17?,18?,19+,20+;14-,16?,17?,18+,19+/m11/s1. The molecular weight excluding hydrogens is 809 g/mol. The minimum Gasteiger partial charge on any atom is -0.443 e. The van der Waals surface area contributed by atoms with E-state index in [-0.39, 0.29) is 43.0 Å². The van der Waals surface area contributed by atoms with Gasteiger partial charge in [-0.1, -0.05) is 60.7 Å². The fourth-order valence-corrected chi connectivity index (χ4v) is 10.1. The van der Waals surface area contributed by atoms with Gasteiger partial charge >= 0.3 is 12.2 Å². The van der Waals surface area contributed by atoms with Crippen molar-refractivity contribution in [2.75, 3.05) is 32.7 Å². The molecule has 2 aromatic carbocycles. The van der Waals surface area contributed by atoms with Crippen LogP contribution in [-0.4, -0.2) is 124 Å². The largest absolute Gasteiger partial charge is 0.443 e. The second kappa shape index (κ2) is 22.5. The van der Waals surface area contributed by atoms with Crippen LogP contribution in [0.4, 0.5) is 27.2 Å². The Kier molecular flexibility index (Phi) is 17.9. The van der Waals surface area contributed by atoms with Gasteiger partial charge in [0, 0.05) is 24.2 Å². The molecule has 2 saturated heterocycles. The van der Waals surface area contributed by atoms with Gasteiger partial charge in [-0.05, 0) is 101 Å². The molecule has 60 heavy (non-hydrogen) atoms. The zero-order valence-corrected chi connectivity index (χ0v) is 35.6. The van der Waals surface area contributed by atoms with Crippen molar-refractivity contribution in [2.24, 2.45) is 5.73 Å². The Morgan fingerprint density at radius 1 is 0.683 bits per heavy atom. The van der Waals surface area contributed by atoms with Crippen LogP contribution in [-0.2, 0) is 29.0 Å². The molecule has 0 aromatic heterocycles. The first-order chi connectivity index (χ1) is 28.6. The maximum atomic E-state index is 12.5. The second-order valence-electron chi connectivity index (χ2n) is 16.7. The van der Waals surface area contributed by atoms with Crippen molar-refractivity contribution in [1.29, 1.82) is 0 Å². The molecular formula is C43H62F4N4O8S. The maximum absolute atomic E-state index is 12.5. The van der Waals surface area contributed by atoms with E-state index in [2.05, 4.69) is 41.1 Å². The van der Waals surface area contributed by atoms with Gasteiger partial charge in [-0.2, -0.15) is 0 Å². The van der Waals surface area contributed by atoms with E-state index in [4.69, 9.17) is 24.7 Å². The average molecular weight is 871 g/mol. The highest BCUT2D eigenvalue weighted by Gasteiger charge is 2.45. The summed E-state index contributed by atoms with van der Waals surface area (Å²) >= 11 is 0. The molecule has 4 aliphatic rings. The van der Waals surface area contributed by atoms with Crippen LogP contribution in [0.3, 0.4) is 0 Å². The van der Waals surface area contributed by atoms with Gasteiger partial charge in [0.2, 0.25) is 10.0 Å². The van der Waals surface area contributed by atoms with E-state index in [0.29, 0.717) is 31.3 Å². The van der Waals surface area contributed by atoms with E-state index in [9.17, 15) is 35.6 Å². The Hall–Kier alpha value is -3.51. The number of alkyl halides is 4. The lowest BCUT2D eigenvalue weighted by atomic mass is 9.83. The Labute approximate surface area is 351 Å². The van der Waals surface area contributed by atoms with Gasteiger partial charge in [-0.25, -0.2) is 40.3 Å². The summed E-state index contributed by atoms with van der Waals surface area (Å²) in [5, 5.41) is 0. The van der Waals surface area contributed by atoms with Gasteiger partial charge in [0.25, 0.3) is 12.9 Å². The summed E-state index contributed by atoms with van der Waals surface area (Å²) in [7, 11) is -3.52. The van der Waals surface area contributed by atoms with Gasteiger partial charge in [0.1, 0.15) is 0 Å². The number of nitrogens with one attached hydrogen (secondary N) is 1. The second-order valence-corrected chi connectivity index (χ2v) is 18.4. The predicted octanol–water partition coefficient (Wildman–Crippen LogP) is 7.43. The smallest absolute Gasteiger partial charge is 0.410 e. The van der Waals surface area contributed by atoms with E-state index >= 15 is 0 Å². The number of hydrogen-bond donors (Lipinski definition) is 2. The van der Waals surface area contributed by atoms with Crippen molar-refractivity contribution in [2.45, 2.75) is 151 Å². The fraction of sp³-hybridized carbons (Fsp3) is 0.674. The van der Waals surface area contributed by atoms with Crippen LogP contribution < -0.4 is 10.5 Å². The molecule has 2 amide bonds. The minimum absolute atomic E-state index is 0.00341. The fourth-order valence-electron chi connectivity index (χ4n) is 9.25. The molecule has 336 valence electrons. The third-order valence-electron chi connectivity index (χ3n) is 12.2. The summed E-state index contributed by atoms with van der Waals surface area (Å²) in [6.45, 7) is 2.13. The third kappa shape index (κ3) is 14.0. The summed E-state index contributed by atoms with van der Waals surface area (Å²) < 4.78 is 97.6. The Morgan fingerprint density at radius 2 is 1.08 bits per heavy atom. The van der Waals surface area contributed by atoms with Crippen LogP contribution in [0.2, 0.25) is 0 Å². The molecule has 2 saturated carbocycles. The van der Waals surface area contributed by atoms with Gasteiger partial charge in [-0.3, -0.25) is 9.80 Å². The van der Waals surface area contributed by atoms with Gasteiger partial charge in [0.05, 0.1) is 43.8 Å².